The number of nitrogens with zero attached hydrogens (tertiary/aromatic N) is 1. The Morgan fingerprint density at radius 1 is 1.30 bits per heavy atom. The highest BCUT2D eigenvalue weighted by Crippen LogP contribution is 2.22. The van der Waals surface area contributed by atoms with Gasteiger partial charge in [-0.3, -0.25) is 9.59 Å². The van der Waals surface area contributed by atoms with Crippen LogP contribution in [0.25, 0.3) is 0 Å². The third-order valence-electron chi connectivity index (χ3n) is 3.19. The summed E-state index contributed by atoms with van der Waals surface area (Å²) in [5.74, 6) is -1.15. The Morgan fingerprint density at radius 2 is 2.10 bits per heavy atom. The van der Waals surface area contributed by atoms with Crippen LogP contribution in [0.4, 0.5) is 5.69 Å². The first-order valence-corrected chi connectivity index (χ1v) is 7.03. The van der Waals surface area contributed by atoms with E-state index in [1.165, 1.54) is 0 Å². The number of carbonyl (C=O) groups excluding carboxylic acids is 2. The minimum atomic E-state index is -0.641. The summed E-state index contributed by atoms with van der Waals surface area (Å²) in [5, 5.41) is 6.20. The van der Waals surface area contributed by atoms with E-state index in [4.69, 9.17) is 11.6 Å². The lowest BCUT2D eigenvalue weighted by Gasteiger charge is -2.19. The van der Waals surface area contributed by atoms with Crippen molar-refractivity contribution in [3.63, 3.8) is 0 Å². The Kier molecular flexibility index (Phi) is 4.98. The summed E-state index contributed by atoms with van der Waals surface area (Å²) >= 11 is 6.04. The topological polar surface area (TPSA) is 61.4 Å². The summed E-state index contributed by atoms with van der Waals surface area (Å²) in [4.78, 5) is 25.6. The minimum Gasteiger partial charge on any atom is -0.333 e. The predicted octanol–water partition coefficient (Wildman–Crippen LogP) is 1.41. The van der Waals surface area contributed by atoms with Gasteiger partial charge in [-0.1, -0.05) is 17.7 Å². The molecule has 0 saturated carbocycles. The molecule has 0 bridgehead atoms. The fraction of sp³-hybridized carbons (Fsp3) is 0.429. The molecule has 6 heteroatoms. The van der Waals surface area contributed by atoms with Gasteiger partial charge in [-0.2, -0.15) is 0 Å². The van der Waals surface area contributed by atoms with E-state index in [-0.39, 0.29) is 0 Å². The van der Waals surface area contributed by atoms with Crippen molar-refractivity contribution in [3.05, 3.63) is 28.8 Å². The molecule has 1 aliphatic heterocycles. The van der Waals surface area contributed by atoms with Gasteiger partial charge >= 0.3 is 11.8 Å². The molecule has 0 atom stereocenters. The number of aryl methyl sites for hydroxylation is 1. The van der Waals surface area contributed by atoms with Crippen LogP contribution < -0.4 is 10.6 Å². The maximum Gasteiger partial charge on any atom is 0.313 e. The molecule has 0 unspecified atom stereocenters. The number of benzene rings is 1. The molecule has 108 valence electrons. The Balaban J connectivity index is 2.01. The first-order valence-electron chi connectivity index (χ1n) is 6.65. The van der Waals surface area contributed by atoms with Crippen molar-refractivity contribution in [1.82, 2.24) is 10.2 Å². The molecule has 1 aromatic rings. The van der Waals surface area contributed by atoms with Crippen LogP contribution in [-0.4, -0.2) is 42.9 Å². The van der Waals surface area contributed by atoms with Crippen molar-refractivity contribution in [1.29, 1.82) is 0 Å². The predicted molar refractivity (Wildman–Crippen MR) is 78.9 cm³/mol. The fourth-order valence-corrected chi connectivity index (χ4v) is 2.37. The highest BCUT2D eigenvalue weighted by Gasteiger charge is 2.23. The molecular formula is C14H18ClN3O2. The van der Waals surface area contributed by atoms with E-state index in [9.17, 15) is 9.59 Å². The number of hydrogen-bond donors (Lipinski definition) is 2. The zero-order valence-corrected chi connectivity index (χ0v) is 12.2. The van der Waals surface area contributed by atoms with Crippen molar-refractivity contribution in [3.8, 4) is 0 Å². The average molecular weight is 296 g/mol. The van der Waals surface area contributed by atoms with E-state index in [1.54, 1.807) is 17.0 Å². The molecule has 2 amide bonds. The van der Waals surface area contributed by atoms with Crippen LogP contribution in [0.3, 0.4) is 0 Å². The SMILES string of the molecule is Cc1ccc(NC(=O)C(=O)N2CCCNCC2)c(Cl)c1. The number of hydrogen-bond acceptors (Lipinski definition) is 3. The summed E-state index contributed by atoms with van der Waals surface area (Å²) in [7, 11) is 0. The maximum atomic E-state index is 12.1. The molecule has 2 N–H and O–H groups in total. The van der Waals surface area contributed by atoms with Gasteiger partial charge in [0.2, 0.25) is 0 Å². The zero-order valence-electron chi connectivity index (χ0n) is 11.4. The quantitative estimate of drug-likeness (QED) is 0.770. The van der Waals surface area contributed by atoms with E-state index in [0.29, 0.717) is 30.3 Å². The monoisotopic (exact) mass is 295 g/mol. The van der Waals surface area contributed by atoms with Gasteiger partial charge in [0.15, 0.2) is 0 Å². The lowest BCUT2D eigenvalue weighted by molar-refractivity contribution is -0.143. The molecule has 1 fully saturated rings. The molecule has 20 heavy (non-hydrogen) atoms. The average Bonchev–Trinajstić information content (AvgIpc) is 2.70. The molecule has 5 nitrogen and oxygen atoms in total. The number of anilines is 1. The number of amides is 2. The van der Waals surface area contributed by atoms with Crippen LogP contribution in [-0.2, 0) is 9.59 Å². The third-order valence-corrected chi connectivity index (χ3v) is 3.51. The van der Waals surface area contributed by atoms with Gasteiger partial charge in [-0.15, -0.1) is 0 Å². The standard InChI is InChI=1S/C14H18ClN3O2/c1-10-3-4-12(11(15)9-10)17-13(19)14(20)18-7-2-5-16-6-8-18/h3-4,9,16H,2,5-8H2,1H3,(H,17,19). The van der Waals surface area contributed by atoms with Gasteiger partial charge in [-0.25, -0.2) is 0 Å². The highest BCUT2D eigenvalue weighted by molar-refractivity contribution is 6.41. The summed E-state index contributed by atoms with van der Waals surface area (Å²) in [6, 6.07) is 5.28. The molecular weight excluding hydrogens is 278 g/mol. The van der Waals surface area contributed by atoms with Crippen molar-refractivity contribution >= 4 is 29.1 Å². The van der Waals surface area contributed by atoms with Crippen LogP contribution in [0.15, 0.2) is 18.2 Å². The second-order valence-electron chi connectivity index (χ2n) is 4.83. The molecule has 0 aromatic heterocycles. The Labute approximate surface area is 123 Å². The number of halogens is 1. The van der Waals surface area contributed by atoms with Gasteiger partial charge in [0.05, 0.1) is 10.7 Å². The van der Waals surface area contributed by atoms with Crippen molar-refractivity contribution < 1.29 is 9.59 Å². The van der Waals surface area contributed by atoms with E-state index in [0.717, 1.165) is 18.5 Å². The van der Waals surface area contributed by atoms with Crippen LogP contribution >= 0.6 is 11.6 Å². The van der Waals surface area contributed by atoms with Crippen molar-refractivity contribution in [2.24, 2.45) is 0 Å². The van der Waals surface area contributed by atoms with Crippen LogP contribution in [0.5, 0.6) is 0 Å². The van der Waals surface area contributed by atoms with Crippen LogP contribution in [0, 0.1) is 6.92 Å². The van der Waals surface area contributed by atoms with Gasteiger partial charge in [-0.05, 0) is 37.6 Å². The molecule has 0 spiro atoms. The molecule has 1 aromatic carbocycles. The maximum absolute atomic E-state index is 12.1. The van der Waals surface area contributed by atoms with E-state index >= 15 is 0 Å². The second-order valence-corrected chi connectivity index (χ2v) is 5.24. The number of rotatable bonds is 1. The van der Waals surface area contributed by atoms with Gasteiger partial charge in [0.25, 0.3) is 0 Å². The second kappa shape index (κ2) is 6.72. The fourth-order valence-electron chi connectivity index (χ4n) is 2.09. The molecule has 1 saturated heterocycles. The summed E-state index contributed by atoms with van der Waals surface area (Å²) in [6.07, 6.45) is 0.851. The van der Waals surface area contributed by atoms with Crippen molar-refractivity contribution in [2.75, 3.05) is 31.5 Å². The number of carbonyl (C=O) groups is 2. The van der Waals surface area contributed by atoms with Gasteiger partial charge < -0.3 is 15.5 Å². The summed E-state index contributed by atoms with van der Waals surface area (Å²) in [5.41, 5.74) is 1.46. The van der Waals surface area contributed by atoms with E-state index < -0.39 is 11.8 Å². The van der Waals surface area contributed by atoms with Crippen LogP contribution in [0.1, 0.15) is 12.0 Å². The third kappa shape index (κ3) is 3.71. The van der Waals surface area contributed by atoms with E-state index in [1.807, 2.05) is 13.0 Å². The summed E-state index contributed by atoms with van der Waals surface area (Å²) < 4.78 is 0. The Hall–Kier alpha value is -1.59. The molecule has 1 heterocycles. The lowest BCUT2D eigenvalue weighted by Crippen LogP contribution is -2.41. The normalized spacial score (nSPS) is 15.6. The zero-order chi connectivity index (χ0) is 14.5. The van der Waals surface area contributed by atoms with Gasteiger partial charge in [0, 0.05) is 19.6 Å². The van der Waals surface area contributed by atoms with Crippen LogP contribution in [0.2, 0.25) is 5.02 Å². The number of nitrogens with one attached hydrogen (secondary N) is 2. The largest absolute Gasteiger partial charge is 0.333 e. The molecule has 2 rings (SSSR count). The highest BCUT2D eigenvalue weighted by atomic mass is 35.5. The molecule has 0 radical (unpaired) electrons. The first kappa shape index (κ1) is 14.8. The smallest absolute Gasteiger partial charge is 0.313 e. The Morgan fingerprint density at radius 3 is 2.85 bits per heavy atom. The molecule has 1 aliphatic rings. The molecule has 0 aliphatic carbocycles. The summed E-state index contributed by atoms with van der Waals surface area (Å²) in [6.45, 7) is 4.64. The first-order chi connectivity index (χ1) is 9.58. The lowest BCUT2D eigenvalue weighted by atomic mass is 10.2. The van der Waals surface area contributed by atoms with E-state index in [2.05, 4.69) is 10.6 Å². The Bertz CT molecular complexity index is 511. The van der Waals surface area contributed by atoms with Gasteiger partial charge in [0.1, 0.15) is 0 Å². The minimum absolute atomic E-state index is 0.434. The van der Waals surface area contributed by atoms with Crippen molar-refractivity contribution in [2.45, 2.75) is 13.3 Å².